The van der Waals surface area contributed by atoms with E-state index < -0.39 is 6.10 Å². The Hall–Kier alpha value is -1.40. The Morgan fingerprint density at radius 2 is 2.21 bits per heavy atom. The Bertz CT molecular complexity index is 306. The van der Waals surface area contributed by atoms with Gasteiger partial charge in [-0.05, 0) is 0 Å². The van der Waals surface area contributed by atoms with Gasteiger partial charge in [0.2, 0.25) is 0 Å². The van der Waals surface area contributed by atoms with Gasteiger partial charge >= 0.3 is 0 Å². The number of hydrogen-bond acceptors (Lipinski definition) is 6. The van der Waals surface area contributed by atoms with Gasteiger partial charge in [-0.2, -0.15) is 4.98 Å². The molecule has 0 aromatic carbocycles. The summed E-state index contributed by atoms with van der Waals surface area (Å²) in [6.45, 7) is 0.0650. The molecule has 0 saturated carbocycles. The standard InChI is InChI=1S/C8H13N3O3/c1-13-6-4-10-7(5(12)3-9)11-8(6)14-2/h4-5,12H,3,9H2,1-2H3. The number of nitrogens with zero attached hydrogens (tertiary/aromatic N) is 2. The molecule has 0 amide bonds. The van der Waals surface area contributed by atoms with Crippen LogP contribution in [0.3, 0.4) is 0 Å². The summed E-state index contributed by atoms with van der Waals surface area (Å²) in [6.07, 6.45) is 0.551. The van der Waals surface area contributed by atoms with Crippen LogP contribution in [0.4, 0.5) is 0 Å². The van der Waals surface area contributed by atoms with E-state index >= 15 is 0 Å². The summed E-state index contributed by atoms with van der Waals surface area (Å²) in [5.74, 6) is 0.927. The molecule has 1 heterocycles. The largest absolute Gasteiger partial charge is 0.490 e. The van der Waals surface area contributed by atoms with Crippen LogP contribution in [-0.2, 0) is 0 Å². The fourth-order valence-corrected chi connectivity index (χ4v) is 0.920. The van der Waals surface area contributed by atoms with Crippen LogP contribution in [0.5, 0.6) is 11.6 Å². The first-order valence-corrected chi connectivity index (χ1v) is 4.06. The minimum Gasteiger partial charge on any atom is -0.490 e. The van der Waals surface area contributed by atoms with Gasteiger partial charge < -0.3 is 20.3 Å². The molecular formula is C8H13N3O3. The topological polar surface area (TPSA) is 90.5 Å². The summed E-state index contributed by atoms with van der Waals surface area (Å²) < 4.78 is 9.89. The second-order valence-electron chi connectivity index (χ2n) is 2.56. The van der Waals surface area contributed by atoms with Crippen LogP contribution in [0.2, 0.25) is 0 Å². The molecule has 0 radical (unpaired) electrons. The predicted octanol–water partition coefficient (Wildman–Crippen LogP) is -0.514. The highest BCUT2D eigenvalue weighted by Gasteiger charge is 2.13. The van der Waals surface area contributed by atoms with Crippen LogP contribution in [-0.4, -0.2) is 35.8 Å². The number of ether oxygens (including phenoxy) is 2. The summed E-state index contributed by atoms with van der Waals surface area (Å²) in [5.41, 5.74) is 5.26. The highest BCUT2D eigenvalue weighted by molar-refractivity contribution is 5.30. The molecule has 0 aliphatic rings. The van der Waals surface area contributed by atoms with Crippen LogP contribution < -0.4 is 15.2 Å². The first kappa shape index (κ1) is 10.7. The summed E-state index contributed by atoms with van der Waals surface area (Å²) >= 11 is 0. The molecule has 0 bridgehead atoms. The SMILES string of the molecule is COc1cnc(C(O)CN)nc1OC. The van der Waals surface area contributed by atoms with Crippen molar-refractivity contribution in [2.24, 2.45) is 5.73 Å². The van der Waals surface area contributed by atoms with Crippen molar-refractivity contribution in [3.63, 3.8) is 0 Å². The maximum absolute atomic E-state index is 9.37. The lowest BCUT2D eigenvalue weighted by Crippen LogP contribution is -2.15. The molecule has 3 N–H and O–H groups in total. The van der Waals surface area contributed by atoms with Crippen molar-refractivity contribution < 1.29 is 14.6 Å². The van der Waals surface area contributed by atoms with Crippen molar-refractivity contribution >= 4 is 0 Å². The molecule has 1 atom stereocenters. The minimum atomic E-state index is -0.880. The molecule has 0 fully saturated rings. The number of hydrogen-bond donors (Lipinski definition) is 2. The van der Waals surface area contributed by atoms with E-state index in [4.69, 9.17) is 15.2 Å². The van der Waals surface area contributed by atoms with Gasteiger partial charge in [0, 0.05) is 6.54 Å². The molecular weight excluding hydrogens is 186 g/mol. The highest BCUT2D eigenvalue weighted by atomic mass is 16.5. The second kappa shape index (κ2) is 4.73. The predicted molar refractivity (Wildman–Crippen MR) is 49.2 cm³/mol. The Morgan fingerprint density at radius 1 is 1.50 bits per heavy atom. The van der Waals surface area contributed by atoms with Crippen molar-refractivity contribution in [2.75, 3.05) is 20.8 Å². The van der Waals surface area contributed by atoms with Gasteiger partial charge in [-0.3, -0.25) is 0 Å². The molecule has 1 unspecified atom stereocenters. The van der Waals surface area contributed by atoms with E-state index in [-0.39, 0.29) is 18.2 Å². The number of nitrogens with two attached hydrogens (primary N) is 1. The summed E-state index contributed by atoms with van der Waals surface area (Å²) in [5, 5.41) is 9.37. The number of methoxy groups -OCH3 is 2. The Morgan fingerprint density at radius 3 is 2.71 bits per heavy atom. The van der Waals surface area contributed by atoms with E-state index in [1.54, 1.807) is 0 Å². The third-order valence-corrected chi connectivity index (χ3v) is 1.68. The van der Waals surface area contributed by atoms with Crippen LogP contribution >= 0.6 is 0 Å². The molecule has 1 aromatic rings. The van der Waals surface area contributed by atoms with Crippen molar-refractivity contribution in [1.82, 2.24) is 9.97 Å². The van der Waals surface area contributed by atoms with Gasteiger partial charge in [0.1, 0.15) is 6.10 Å². The quantitative estimate of drug-likeness (QED) is 0.678. The van der Waals surface area contributed by atoms with Gasteiger partial charge in [0.15, 0.2) is 11.6 Å². The summed E-state index contributed by atoms with van der Waals surface area (Å²) in [4.78, 5) is 7.83. The molecule has 0 saturated heterocycles. The van der Waals surface area contributed by atoms with Crippen molar-refractivity contribution in [2.45, 2.75) is 6.10 Å². The van der Waals surface area contributed by atoms with Crippen molar-refractivity contribution in [1.29, 1.82) is 0 Å². The lowest BCUT2D eigenvalue weighted by molar-refractivity contribution is 0.174. The van der Waals surface area contributed by atoms with E-state index in [1.807, 2.05) is 0 Å². The Balaban J connectivity index is 3.01. The molecule has 0 aliphatic heterocycles. The average molecular weight is 199 g/mol. The normalized spacial score (nSPS) is 12.3. The molecule has 6 heteroatoms. The smallest absolute Gasteiger partial charge is 0.260 e. The maximum atomic E-state index is 9.37. The van der Waals surface area contributed by atoms with E-state index in [2.05, 4.69) is 9.97 Å². The monoisotopic (exact) mass is 199 g/mol. The summed E-state index contributed by atoms with van der Waals surface area (Å²) in [7, 11) is 2.95. The van der Waals surface area contributed by atoms with E-state index in [1.165, 1.54) is 20.4 Å². The Kier molecular flexibility index (Phi) is 3.61. The van der Waals surface area contributed by atoms with Crippen LogP contribution in [0, 0.1) is 0 Å². The molecule has 78 valence electrons. The number of rotatable bonds is 4. The van der Waals surface area contributed by atoms with Crippen molar-refractivity contribution in [3.8, 4) is 11.6 Å². The van der Waals surface area contributed by atoms with E-state index in [9.17, 15) is 5.11 Å². The third kappa shape index (κ3) is 2.09. The van der Waals surface area contributed by atoms with E-state index in [0.717, 1.165) is 0 Å². The first-order valence-electron chi connectivity index (χ1n) is 4.06. The number of aliphatic hydroxyl groups excluding tert-OH is 1. The third-order valence-electron chi connectivity index (χ3n) is 1.68. The van der Waals surface area contributed by atoms with Gasteiger partial charge in [-0.1, -0.05) is 0 Å². The molecule has 14 heavy (non-hydrogen) atoms. The molecule has 0 aliphatic carbocycles. The zero-order valence-corrected chi connectivity index (χ0v) is 8.10. The molecule has 1 rings (SSSR count). The lowest BCUT2D eigenvalue weighted by Gasteiger charge is -2.09. The number of aromatic nitrogens is 2. The molecule has 1 aromatic heterocycles. The molecule has 6 nitrogen and oxygen atoms in total. The zero-order valence-electron chi connectivity index (χ0n) is 8.10. The minimum absolute atomic E-state index is 0.0650. The van der Waals surface area contributed by atoms with Gasteiger partial charge in [0.25, 0.3) is 5.88 Å². The van der Waals surface area contributed by atoms with Crippen LogP contribution in [0.15, 0.2) is 6.20 Å². The molecule has 0 spiro atoms. The van der Waals surface area contributed by atoms with E-state index in [0.29, 0.717) is 5.75 Å². The average Bonchev–Trinajstić information content (AvgIpc) is 2.26. The van der Waals surface area contributed by atoms with Gasteiger partial charge in [0.05, 0.1) is 20.4 Å². The summed E-state index contributed by atoms with van der Waals surface area (Å²) in [6, 6.07) is 0. The Labute approximate surface area is 81.7 Å². The second-order valence-corrected chi connectivity index (χ2v) is 2.56. The first-order chi connectivity index (χ1) is 6.72. The lowest BCUT2D eigenvalue weighted by atomic mass is 10.3. The van der Waals surface area contributed by atoms with Crippen LogP contribution in [0.25, 0.3) is 0 Å². The fraction of sp³-hybridized carbons (Fsp3) is 0.500. The highest BCUT2D eigenvalue weighted by Crippen LogP contribution is 2.23. The van der Waals surface area contributed by atoms with Crippen molar-refractivity contribution in [3.05, 3.63) is 12.0 Å². The zero-order chi connectivity index (χ0) is 10.6. The fourth-order valence-electron chi connectivity index (χ4n) is 0.920. The van der Waals surface area contributed by atoms with Crippen LogP contribution in [0.1, 0.15) is 11.9 Å². The van der Waals surface area contributed by atoms with Gasteiger partial charge in [-0.15, -0.1) is 0 Å². The maximum Gasteiger partial charge on any atom is 0.260 e. The van der Waals surface area contributed by atoms with Gasteiger partial charge in [-0.25, -0.2) is 4.98 Å². The number of aliphatic hydroxyl groups is 1.